The number of benzene rings is 1. The van der Waals surface area contributed by atoms with Gasteiger partial charge in [0, 0.05) is 57.6 Å². The largest absolute Gasteiger partial charge is 0.381 e. The van der Waals surface area contributed by atoms with Crippen LogP contribution < -0.4 is 20.4 Å². The third-order valence-corrected chi connectivity index (χ3v) is 10.3. The van der Waals surface area contributed by atoms with Gasteiger partial charge in [-0.25, -0.2) is 24.4 Å². The SMILES string of the molecule is COC1CCC(n2ncc3c(N4CC5CCC(C4)O5)nc(-c4ccc(NC(=O)Nc5ccc(N6CCN(C)CC6)nc5)cc4)nc32)CC1. The van der Waals surface area contributed by atoms with Crippen LogP contribution in [0, 0.1) is 0 Å². The van der Waals surface area contributed by atoms with Crippen molar-refractivity contribution in [1.82, 2.24) is 29.6 Å². The van der Waals surface area contributed by atoms with E-state index in [1.165, 1.54) is 0 Å². The molecule has 3 aromatic heterocycles. The van der Waals surface area contributed by atoms with Gasteiger partial charge in [-0.3, -0.25) is 0 Å². The zero-order valence-electron chi connectivity index (χ0n) is 27.7. The van der Waals surface area contributed by atoms with Gasteiger partial charge >= 0.3 is 6.03 Å². The zero-order chi connectivity index (χ0) is 32.6. The lowest BCUT2D eigenvalue weighted by atomic mass is 9.93. The fraction of sp³-hybridized carbons (Fsp3) is 0.514. The number of carbonyl (C=O) groups is 1. The van der Waals surface area contributed by atoms with Crippen LogP contribution in [0.3, 0.4) is 0 Å². The van der Waals surface area contributed by atoms with Gasteiger partial charge in [0.1, 0.15) is 11.6 Å². The summed E-state index contributed by atoms with van der Waals surface area (Å²) in [6.07, 6.45) is 10.6. The van der Waals surface area contributed by atoms with Crippen LogP contribution in [-0.2, 0) is 9.47 Å². The Labute approximate surface area is 280 Å². The highest BCUT2D eigenvalue weighted by Gasteiger charge is 2.36. The van der Waals surface area contributed by atoms with Crippen molar-refractivity contribution in [3.8, 4) is 11.4 Å². The number of ether oxygens (including phenoxy) is 2. The van der Waals surface area contributed by atoms with Crippen molar-refractivity contribution < 1.29 is 14.3 Å². The average molecular weight is 653 g/mol. The quantitative estimate of drug-likeness (QED) is 0.288. The molecule has 0 radical (unpaired) electrons. The van der Waals surface area contributed by atoms with Crippen molar-refractivity contribution in [3.63, 3.8) is 0 Å². The van der Waals surface area contributed by atoms with Gasteiger partial charge in [0.15, 0.2) is 11.5 Å². The molecule has 0 spiro atoms. The van der Waals surface area contributed by atoms with Crippen molar-refractivity contribution in [2.75, 3.05) is 73.9 Å². The maximum Gasteiger partial charge on any atom is 0.323 e. The number of carbonyl (C=O) groups excluding carboxylic acids is 1. The zero-order valence-corrected chi connectivity index (χ0v) is 27.7. The number of morpholine rings is 1. The molecule has 6 heterocycles. The molecule has 2 atom stereocenters. The number of anilines is 4. The minimum Gasteiger partial charge on any atom is -0.381 e. The normalized spacial score (nSPS) is 24.6. The number of piperazine rings is 1. The van der Waals surface area contributed by atoms with Gasteiger partial charge in [-0.2, -0.15) is 5.10 Å². The molecule has 13 nitrogen and oxygen atoms in total. The Morgan fingerprint density at radius 2 is 1.54 bits per heavy atom. The van der Waals surface area contributed by atoms with Crippen molar-refractivity contribution in [3.05, 3.63) is 48.8 Å². The minimum atomic E-state index is -0.328. The second-order valence-corrected chi connectivity index (χ2v) is 13.6. The molecule has 2 bridgehead atoms. The number of fused-ring (bicyclic) bond motifs is 3. The Hall–Kier alpha value is -4.33. The third-order valence-electron chi connectivity index (χ3n) is 10.3. The standard InChI is InChI=1S/C35H44N10O3/c1-42-15-17-43(18-16-42)31-14-7-25(19-36-31)39-35(46)38-24-5-3-23(4-6-24)32-40-33(44-21-28-12-13-29(22-44)48-28)30-20-37-45(34(30)41-32)26-8-10-27(47-2)11-9-26/h3-7,14,19-20,26-29H,8-13,15-18,21-22H2,1-2H3,(H2,38,39,46). The average Bonchev–Trinajstić information content (AvgIpc) is 3.70. The van der Waals surface area contributed by atoms with E-state index < -0.39 is 0 Å². The number of hydrogen-bond donors (Lipinski definition) is 2. The van der Waals surface area contributed by atoms with E-state index in [1.807, 2.05) is 42.6 Å². The first-order chi connectivity index (χ1) is 23.5. The molecule has 1 saturated carbocycles. The maximum absolute atomic E-state index is 12.9. The highest BCUT2D eigenvalue weighted by Crippen LogP contribution is 2.37. The summed E-state index contributed by atoms with van der Waals surface area (Å²) < 4.78 is 13.9. The van der Waals surface area contributed by atoms with Crippen molar-refractivity contribution in [2.45, 2.75) is 62.9 Å². The summed E-state index contributed by atoms with van der Waals surface area (Å²) in [7, 11) is 3.93. The maximum atomic E-state index is 12.9. The van der Waals surface area contributed by atoms with Crippen molar-refractivity contribution in [2.24, 2.45) is 0 Å². The van der Waals surface area contributed by atoms with Crippen LogP contribution in [0.5, 0.6) is 0 Å². The number of aromatic nitrogens is 5. The molecule has 13 heteroatoms. The van der Waals surface area contributed by atoms with E-state index in [4.69, 9.17) is 24.5 Å². The Morgan fingerprint density at radius 1 is 0.833 bits per heavy atom. The molecule has 3 aliphatic heterocycles. The first-order valence-electron chi connectivity index (χ1n) is 17.3. The molecular formula is C35H44N10O3. The van der Waals surface area contributed by atoms with Crippen LogP contribution >= 0.6 is 0 Å². The number of nitrogens with one attached hydrogen (secondary N) is 2. The molecule has 2 N–H and O–H groups in total. The van der Waals surface area contributed by atoms with Gasteiger partial charge in [-0.1, -0.05) is 0 Å². The number of rotatable bonds is 7. The molecule has 4 aromatic rings. The van der Waals surface area contributed by atoms with E-state index in [9.17, 15) is 4.79 Å². The molecular weight excluding hydrogens is 608 g/mol. The van der Waals surface area contributed by atoms with E-state index in [0.717, 1.165) is 106 Å². The van der Waals surface area contributed by atoms with E-state index in [-0.39, 0.29) is 24.3 Å². The minimum absolute atomic E-state index is 0.235. The van der Waals surface area contributed by atoms with E-state index in [0.29, 0.717) is 23.3 Å². The van der Waals surface area contributed by atoms with Gasteiger partial charge in [-0.05, 0) is 82.0 Å². The number of pyridine rings is 1. The Balaban J connectivity index is 0.997. The van der Waals surface area contributed by atoms with Crippen LogP contribution in [0.1, 0.15) is 44.6 Å². The molecule has 1 aliphatic carbocycles. The highest BCUT2D eigenvalue weighted by atomic mass is 16.5. The van der Waals surface area contributed by atoms with Crippen molar-refractivity contribution >= 4 is 40.1 Å². The number of urea groups is 1. The molecule has 2 amide bonds. The molecule has 4 aliphatic rings. The molecule has 8 rings (SSSR count). The predicted molar refractivity (Wildman–Crippen MR) is 186 cm³/mol. The fourth-order valence-corrected chi connectivity index (χ4v) is 7.54. The monoisotopic (exact) mass is 652 g/mol. The molecule has 48 heavy (non-hydrogen) atoms. The molecule has 252 valence electrons. The lowest BCUT2D eigenvalue weighted by molar-refractivity contribution is 0.0303. The van der Waals surface area contributed by atoms with Gasteiger partial charge in [0.25, 0.3) is 0 Å². The second-order valence-electron chi connectivity index (χ2n) is 13.6. The Kier molecular flexibility index (Phi) is 8.57. The van der Waals surface area contributed by atoms with Crippen LogP contribution in [0.25, 0.3) is 22.4 Å². The summed E-state index contributed by atoms with van der Waals surface area (Å²) in [6, 6.07) is 11.5. The fourth-order valence-electron chi connectivity index (χ4n) is 7.54. The Morgan fingerprint density at radius 3 is 2.23 bits per heavy atom. The predicted octanol–water partition coefficient (Wildman–Crippen LogP) is 4.78. The van der Waals surface area contributed by atoms with Gasteiger partial charge in [-0.15, -0.1) is 0 Å². The number of amides is 2. The van der Waals surface area contributed by atoms with E-state index >= 15 is 0 Å². The van der Waals surface area contributed by atoms with Gasteiger partial charge in [0.2, 0.25) is 0 Å². The van der Waals surface area contributed by atoms with Gasteiger partial charge < -0.3 is 34.8 Å². The van der Waals surface area contributed by atoms with E-state index in [1.54, 1.807) is 13.3 Å². The summed E-state index contributed by atoms with van der Waals surface area (Å²) in [5, 5.41) is 11.7. The van der Waals surface area contributed by atoms with Crippen LogP contribution in [0.4, 0.5) is 27.8 Å². The summed E-state index contributed by atoms with van der Waals surface area (Å²) in [4.78, 5) is 34.6. The first kappa shape index (κ1) is 31.0. The summed E-state index contributed by atoms with van der Waals surface area (Å²) in [5.74, 6) is 2.49. The molecule has 4 fully saturated rings. The van der Waals surface area contributed by atoms with Crippen molar-refractivity contribution in [1.29, 1.82) is 0 Å². The molecule has 1 aromatic carbocycles. The highest BCUT2D eigenvalue weighted by molar-refractivity contribution is 5.99. The number of hydrogen-bond acceptors (Lipinski definition) is 10. The van der Waals surface area contributed by atoms with E-state index in [2.05, 4.69) is 42.0 Å². The lowest BCUT2D eigenvalue weighted by Crippen LogP contribution is -2.44. The molecule has 2 unspecified atom stereocenters. The first-order valence-corrected chi connectivity index (χ1v) is 17.3. The molecule has 3 saturated heterocycles. The van der Waals surface area contributed by atoms with Crippen LogP contribution in [0.2, 0.25) is 0 Å². The van der Waals surface area contributed by atoms with Crippen LogP contribution in [-0.4, -0.2) is 107 Å². The second kappa shape index (κ2) is 13.3. The number of nitrogens with zero attached hydrogens (tertiary/aromatic N) is 8. The summed E-state index contributed by atoms with van der Waals surface area (Å²) in [5.41, 5.74) is 3.05. The number of methoxy groups -OCH3 is 1. The third kappa shape index (κ3) is 6.41. The summed E-state index contributed by atoms with van der Waals surface area (Å²) >= 11 is 0. The smallest absolute Gasteiger partial charge is 0.323 e. The Bertz CT molecular complexity index is 1720. The number of likely N-dealkylation sites (N-methyl/N-ethyl adjacent to an activating group) is 1. The summed E-state index contributed by atoms with van der Waals surface area (Å²) in [6.45, 7) is 5.55. The topological polar surface area (TPSA) is 126 Å². The lowest BCUT2D eigenvalue weighted by Gasteiger charge is -2.33. The van der Waals surface area contributed by atoms with Crippen LogP contribution in [0.15, 0.2) is 48.8 Å². The van der Waals surface area contributed by atoms with Gasteiger partial charge in [0.05, 0.1) is 47.8 Å².